The molecule has 5 unspecified atom stereocenters. The van der Waals surface area contributed by atoms with Crippen LogP contribution in [0.1, 0.15) is 206 Å². The second-order valence-electron chi connectivity index (χ2n) is 15.6. The van der Waals surface area contributed by atoms with Crippen LogP contribution in [0.4, 0.5) is 0 Å². The Morgan fingerprint density at radius 1 is 0.582 bits per heavy atom. The summed E-state index contributed by atoms with van der Waals surface area (Å²) in [5.74, 6) is -2.38. The molecule has 5 atom stereocenters. The zero-order valence-corrected chi connectivity index (χ0v) is 35.6. The van der Waals surface area contributed by atoms with Gasteiger partial charge >= 0.3 is 25.7 Å². The molecule has 0 aliphatic carbocycles. The maximum Gasteiger partial charge on any atom is 0.472 e. The highest BCUT2D eigenvalue weighted by Crippen LogP contribution is 2.43. The van der Waals surface area contributed by atoms with Crippen molar-refractivity contribution in [2.24, 2.45) is 5.73 Å². The molecule has 1 saturated heterocycles. The van der Waals surface area contributed by atoms with E-state index in [0.717, 1.165) is 51.4 Å². The molecule has 0 spiro atoms. The Bertz CT molecular complexity index is 1020. The van der Waals surface area contributed by atoms with Gasteiger partial charge in [-0.1, -0.05) is 168 Å². The number of esters is 2. The van der Waals surface area contributed by atoms with Crippen molar-refractivity contribution in [2.75, 3.05) is 19.8 Å². The van der Waals surface area contributed by atoms with Crippen LogP contribution in [-0.2, 0) is 42.2 Å². The number of epoxide rings is 1. The van der Waals surface area contributed by atoms with Gasteiger partial charge < -0.3 is 29.9 Å². The Kier molecular flexibility index (Phi) is 32.3. The second-order valence-corrected chi connectivity index (χ2v) is 17.0. The molecular weight excluding hydrogens is 725 g/mol. The Labute approximate surface area is 333 Å². The molecule has 0 aromatic carbocycles. The van der Waals surface area contributed by atoms with Crippen molar-refractivity contribution >= 4 is 25.7 Å². The number of ether oxygens (including phenoxy) is 3. The second kappa shape index (κ2) is 34.5. The molecule has 4 N–H and O–H groups in total. The van der Waals surface area contributed by atoms with E-state index in [4.69, 9.17) is 29.6 Å². The minimum absolute atomic E-state index is 0.156. The van der Waals surface area contributed by atoms with E-state index in [9.17, 15) is 23.8 Å². The van der Waals surface area contributed by atoms with Crippen molar-refractivity contribution < 1.29 is 52.2 Å². The summed E-state index contributed by atoms with van der Waals surface area (Å²) in [6.07, 6.45) is 33.2. The molecule has 0 aromatic rings. The van der Waals surface area contributed by atoms with Crippen molar-refractivity contribution in [3.63, 3.8) is 0 Å². The number of carboxylic acid groups (broad SMARTS) is 1. The van der Waals surface area contributed by atoms with E-state index >= 15 is 0 Å². The minimum atomic E-state index is -4.71. The summed E-state index contributed by atoms with van der Waals surface area (Å²) in [5, 5.41) is 8.89. The number of hydrogen-bond donors (Lipinski definition) is 3. The number of nitrogens with two attached hydrogens (primary N) is 1. The van der Waals surface area contributed by atoms with Gasteiger partial charge in [0.15, 0.2) is 6.10 Å². The Morgan fingerprint density at radius 3 is 1.42 bits per heavy atom. The van der Waals surface area contributed by atoms with Crippen LogP contribution in [0.25, 0.3) is 0 Å². The summed E-state index contributed by atoms with van der Waals surface area (Å²) in [6, 6.07) is -1.52. The summed E-state index contributed by atoms with van der Waals surface area (Å²) in [5.41, 5.74) is 5.33. The van der Waals surface area contributed by atoms with Gasteiger partial charge in [0.1, 0.15) is 12.6 Å². The molecule has 12 nitrogen and oxygen atoms in total. The summed E-state index contributed by atoms with van der Waals surface area (Å²) in [4.78, 5) is 46.0. The molecule has 1 rings (SSSR count). The van der Waals surface area contributed by atoms with Crippen molar-refractivity contribution in [1.29, 1.82) is 0 Å². The van der Waals surface area contributed by atoms with Crippen LogP contribution in [0.5, 0.6) is 0 Å². The summed E-state index contributed by atoms with van der Waals surface area (Å²) in [6.45, 7) is 2.80. The molecule has 0 aromatic heterocycles. The van der Waals surface area contributed by atoms with Crippen LogP contribution in [0.3, 0.4) is 0 Å². The Balaban J connectivity index is 2.25. The van der Waals surface area contributed by atoms with Crippen molar-refractivity contribution in [2.45, 2.75) is 231 Å². The zero-order chi connectivity index (χ0) is 40.4. The number of phosphoric acid groups is 1. The molecule has 1 aliphatic rings. The fraction of sp³-hybridized carbons (Fsp3) is 0.929. The number of unbranched alkanes of at least 4 members (excludes halogenated alkanes) is 23. The number of hydrogen-bond acceptors (Lipinski definition) is 10. The highest BCUT2D eigenvalue weighted by atomic mass is 31.2. The predicted molar refractivity (Wildman–Crippen MR) is 217 cm³/mol. The van der Waals surface area contributed by atoms with E-state index in [2.05, 4.69) is 18.4 Å². The number of carbonyl (C=O) groups is 3. The molecule has 55 heavy (non-hydrogen) atoms. The van der Waals surface area contributed by atoms with E-state index in [0.29, 0.717) is 25.0 Å². The first-order chi connectivity index (χ1) is 26.6. The van der Waals surface area contributed by atoms with Gasteiger partial charge in [0.2, 0.25) is 0 Å². The maximum atomic E-state index is 12.6. The Morgan fingerprint density at radius 2 is 0.964 bits per heavy atom. The molecule has 0 bridgehead atoms. The van der Waals surface area contributed by atoms with Crippen molar-refractivity contribution in [3.8, 4) is 0 Å². The SMILES string of the molecule is CCCCCCCCCCCCCCCCCC(=O)OCC(COP(=O)(O)OCC(N)C(=O)O)OC(=O)CCCCCCCCCC1OC1CCCCCC. The molecular formula is C42H80NO11P. The van der Waals surface area contributed by atoms with E-state index in [1.807, 2.05) is 0 Å². The fourth-order valence-corrected chi connectivity index (χ4v) is 7.46. The summed E-state index contributed by atoms with van der Waals surface area (Å²) < 4.78 is 38.5. The topological polar surface area (TPSA) is 184 Å². The van der Waals surface area contributed by atoms with Crippen LogP contribution in [-0.4, -0.2) is 72.1 Å². The lowest BCUT2D eigenvalue weighted by Gasteiger charge is -2.20. The van der Waals surface area contributed by atoms with Gasteiger partial charge in [-0.15, -0.1) is 0 Å². The number of rotatable bonds is 41. The summed E-state index contributed by atoms with van der Waals surface area (Å²) in [7, 11) is -4.71. The highest BCUT2D eigenvalue weighted by molar-refractivity contribution is 7.47. The first-order valence-corrected chi connectivity index (χ1v) is 23.7. The third-order valence-electron chi connectivity index (χ3n) is 10.3. The maximum absolute atomic E-state index is 12.6. The average molecular weight is 806 g/mol. The Hall–Kier alpha value is -1.56. The number of carboxylic acids is 1. The van der Waals surface area contributed by atoms with Crippen LogP contribution in [0.2, 0.25) is 0 Å². The quantitative estimate of drug-likeness (QED) is 0.0230. The molecule has 13 heteroatoms. The summed E-state index contributed by atoms with van der Waals surface area (Å²) >= 11 is 0. The minimum Gasteiger partial charge on any atom is -0.480 e. The van der Waals surface area contributed by atoms with Gasteiger partial charge in [-0.3, -0.25) is 23.4 Å². The monoisotopic (exact) mass is 806 g/mol. The molecule has 1 heterocycles. The van der Waals surface area contributed by atoms with Crippen molar-refractivity contribution in [1.82, 2.24) is 0 Å². The molecule has 0 saturated carbocycles. The van der Waals surface area contributed by atoms with Gasteiger partial charge in [-0.25, -0.2) is 4.57 Å². The van der Waals surface area contributed by atoms with Gasteiger partial charge in [0.25, 0.3) is 0 Å². The standard InChI is InChI=1S/C42H80NO11P/c1-3-5-7-9-10-11-12-13-14-15-16-17-20-23-27-31-40(44)50-33-36(34-51-55(48,49)52-35-37(43)42(46)47)53-41(45)32-28-24-21-18-19-22-26-30-39-38(54-39)29-25-8-6-4-2/h36-39H,3-35,43H2,1-2H3,(H,46,47)(H,48,49). The van der Waals surface area contributed by atoms with Crippen LogP contribution in [0.15, 0.2) is 0 Å². The molecule has 1 fully saturated rings. The normalized spacial score (nSPS) is 17.4. The van der Waals surface area contributed by atoms with E-state index in [1.54, 1.807) is 0 Å². The molecule has 0 radical (unpaired) electrons. The molecule has 0 amide bonds. The van der Waals surface area contributed by atoms with Crippen LogP contribution in [0, 0.1) is 0 Å². The number of phosphoric ester groups is 1. The number of aliphatic carboxylic acids is 1. The van der Waals surface area contributed by atoms with E-state index < -0.39 is 51.1 Å². The third kappa shape index (κ3) is 32.1. The molecule has 324 valence electrons. The van der Waals surface area contributed by atoms with E-state index in [-0.39, 0.29) is 19.4 Å². The average Bonchev–Trinajstić information content (AvgIpc) is 3.92. The van der Waals surface area contributed by atoms with Gasteiger partial charge in [0.05, 0.1) is 25.4 Å². The first kappa shape index (κ1) is 51.5. The van der Waals surface area contributed by atoms with Gasteiger partial charge in [-0.05, 0) is 25.7 Å². The highest BCUT2D eigenvalue weighted by Gasteiger charge is 2.36. The van der Waals surface area contributed by atoms with Crippen molar-refractivity contribution in [3.05, 3.63) is 0 Å². The van der Waals surface area contributed by atoms with Gasteiger partial charge in [0, 0.05) is 12.8 Å². The lowest BCUT2D eigenvalue weighted by Crippen LogP contribution is -2.34. The van der Waals surface area contributed by atoms with Crippen LogP contribution >= 0.6 is 7.82 Å². The lowest BCUT2D eigenvalue weighted by molar-refractivity contribution is -0.161. The predicted octanol–water partition coefficient (Wildman–Crippen LogP) is 10.5. The van der Waals surface area contributed by atoms with Crippen LogP contribution < -0.4 is 5.73 Å². The first-order valence-electron chi connectivity index (χ1n) is 22.2. The fourth-order valence-electron chi connectivity index (χ4n) is 6.68. The largest absolute Gasteiger partial charge is 0.480 e. The van der Waals surface area contributed by atoms with Gasteiger partial charge in [-0.2, -0.15) is 0 Å². The third-order valence-corrected chi connectivity index (χ3v) is 11.2. The smallest absolute Gasteiger partial charge is 0.472 e. The lowest BCUT2D eigenvalue weighted by atomic mass is 10.0. The molecule has 1 aliphatic heterocycles. The number of carbonyl (C=O) groups excluding carboxylic acids is 2. The van der Waals surface area contributed by atoms with E-state index in [1.165, 1.54) is 116 Å². The zero-order valence-electron chi connectivity index (χ0n) is 34.7.